The third-order valence-corrected chi connectivity index (χ3v) is 7.30. The predicted octanol–water partition coefficient (Wildman–Crippen LogP) is 1.97. The van der Waals surface area contributed by atoms with Crippen LogP contribution in [0, 0.1) is 6.92 Å². The van der Waals surface area contributed by atoms with E-state index in [9.17, 15) is 8.42 Å². The predicted molar refractivity (Wildman–Crippen MR) is 85.2 cm³/mol. The summed E-state index contributed by atoms with van der Waals surface area (Å²) in [7, 11) is -1.74. The van der Waals surface area contributed by atoms with Crippen molar-refractivity contribution < 1.29 is 13.2 Å². The van der Waals surface area contributed by atoms with Gasteiger partial charge in [-0.3, -0.25) is 0 Å². The molecule has 21 heavy (non-hydrogen) atoms. The number of thiophene rings is 1. The first-order valence-corrected chi connectivity index (χ1v) is 9.57. The summed E-state index contributed by atoms with van der Waals surface area (Å²) in [5.74, 6) is 0. The lowest BCUT2D eigenvalue weighted by Gasteiger charge is -2.14. The Hall–Kier alpha value is -0.470. The van der Waals surface area contributed by atoms with E-state index in [4.69, 9.17) is 4.74 Å². The molecule has 0 amide bonds. The van der Waals surface area contributed by atoms with Crippen molar-refractivity contribution in [3.05, 3.63) is 16.5 Å². The van der Waals surface area contributed by atoms with E-state index in [1.807, 2.05) is 6.92 Å². The minimum atomic E-state index is -3.37. The molecule has 1 aliphatic rings. The fourth-order valence-corrected chi connectivity index (χ4v) is 5.61. The van der Waals surface area contributed by atoms with Crippen LogP contribution in [0.2, 0.25) is 0 Å². The van der Waals surface area contributed by atoms with Crippen LogP contribution in [0.4, 0.5) is 0 Å². The Morgan fingerprint density at radius 3 is 2.90 bits per heavy atom. The zero-order valence-corrected chi connectivity index (χ0v) is 14.5. The van der Waals surface area contributed by atoms with Crippen LogP contribution in [0.25, 0.3) is 0 Å². The molecule has 1 unspecified atom stereocenters. The molecular weight excluding hydrogens is 308 g/mol. The van der Waals surface area contributed by atoms with E-state index >= 15 is 0 Å². The standard InChI is InChI=1S/C14H24N2O3S2/c1-4-6-15-9-13-11(2)8-14(20-13)21(17,18)16-7-5-12(10-16)19-3/h8,12,15H,4-7,9-10H2,1-3H3. The van der Waals surface area contributed by atoms with Gasteiger partial charge in [-0.25, -0.2) is 8.42 Å². The molecule has 0 bridgehead atoms. The first-order valence-electron chi connectivity index (χ1n) is 7.32. The van der Waals surface area contributed by atoms with Crippen molar-refractivity contribution in [2.45, 2.75) is 43.5 Å². The molecule has 1 aromatic heterocycles. The monoisotopic (exact) mass is 332 g/mol. The van der Waals surface area contributed by atoms with Gasteiger partial charge in [0, 0.05) is 31.6 Å². The van der Waals surface area contributed by atoms with Gasteiger partial charge in [-0.15, -0.1) is 11.3 Å². The second kappa shape index (κ2) is 7.19. The summed E-state index contributed by atoms with van der Waals surface area (Å²) >= 11 is 1.38. The SMILES string of the molecule is CCCNCc1sc(S(=O)(=O)N2CCC(OC)C2)cc1C. The van der Waals surface area contributed by atoms with Crippen LogP contribution in [0.1, 0.15) is 30.2 Å². The van der Waals surface area contributed by atoms with E-state index in [0.29, 0.717) is 17.3 Å². The molecule has 0 aliphatic carbocycles. The first-order chi connectivity index (χ1) is 9.98. The number of hydrogen-bond donors (Lipinski definition) is 1. The number of methoxy groups -OCH3 is 1. The normalized spacial score (nSPS) is 20.2. The largest absolute Gasteiger partial charge is 0.380 e. The van der Waals surface area contributed by atoms with Crippen LogP contribution in [0.5, 0.6) is 0 Å². The maximum atomic E-state index is 12.7. The first kappa shape index (κ1) is 16.9. The Bertz CT molecular complexity index is 569. The second-order valence-electron chi connectivity index (χ2n) is 5.36. The second-order valence-corrected chi connectivity index (χ2v) is 8.66. The van der Waals surface area contributed by atoms with Gasteiger partial charge in [-0.05, 0) is 37.9 Å². The van der Waals surface area contributed by atoms with Crippen LogP contribution in [-0.4, -0.2) is 45.6 Å². The fraction of sp³-hybridized carbons (Fsp3) is 0.714. The Kier molecular flexibility index (Phi) is 5.79. The highest BCUT2D eigenvalue weighted by atomic mass is 32.2. The number of aryl methyl sites for hydroxylation is 1. The zero-order chi connectivity index (χ0) is 15.5. The molecule has 1 aliphatic heterocycles. The van der Waals surface area contributed by atoms with Crippen LogP contribution in [0.15, 0.2) is 10.3 Å². The van der Waals surface area contributed by atoms with Gasteiger partial charge in [0.15, 0.2) is 0 Å². The number of sulfonamides is 1. The van der Waals surface area contributed by atoms with Gasteiger partial charge in [-0.1, -0.05) is 6.92 Å². The Labute approximate surface area is 131 Å². The Morgan fingerprint density at radius 1 is 1.52 bits per heavy atom. The smallest absolute Gasteiger partial charge is 0.252 e. The molecule has 2 heterocycles. The van der Waals surface area contributed by atoms with E-state index < -0.39 is 10.0 Å². The van der Waals surface area contributed by atoms with Crippen LogP contribution in [-0.2, 0) is 21.3 Å². The highest BCUT2D eigenvalue weighted by Gasteiger charge is 2.33. The number of nitrogens with one attached hydrogen (secondary N) is 1. The minimum absolute atomic E-state index is 0.0199. The van der Waals surface area contributed by atoms with Crippen molar-refractivity contribution in [3.63, 3.8) is 0 Å². The van der Waals surface area contributed by atoms with Crippen LogP contribution >= 0.6 is 11.3 Å². The molecule has 1 N–H and O–H groups in total. The lowest BCUT2D eigenvalue weighted by atomic mass is 10.3. The highest BCUT2D eigenvalue weighted by molar-refractivity contribution is 7.91. The minimum Gasteiger partial charge on any atom is -0.380 e. The molecule has 0 saturated carbocycles. The van der Waals surface area contributed by atoms with Gasteiger partial charge < -0.3 is 10.1 Å². The third-order valence-electron chi connectivity index (χ3n) is 3.75. The third kappa shape index (κ3) is 3.84. The lowest BCUT2D eigenvalue weighted by Crippen LogP contribution is -2.29. The summed E-state index contributed by atoms with van der Waals surface area (Å²) in [6.07, 6.45) is 1.86. The lowest BCUT2D eigenvalue weighted by molar-refractivity contribution is 0.115. The van der Waals surface area contributed by atoms with Crippen molar-refractivity contribution in [2.24, 2.45) is 0 Å². The van der Waals surface area contributed by atoms with Gasteiger partial charge in [0.1, 0.15) is 4.21 Å². The fourth-order valence-electron chi connectivity index (χ4n) is 2.41. The Balaban J connectivity index is 2.12. The molecule has 0 aromatic carbocycles. The highest BCUT2D eigenvalue weighted by Crippen LogP contribution is 2.30. The molecule has 2 rings (SSSR count). The molecular formula is C14H24N2O3S2. The summed E-state index contributed by atoms with van der Waals surface area (Å²) < 4.78 is 32.5. The maximum absolute atomic E-state index is 12.7. The van der Waals surface area contributed by atoms with E-state index in [0.717, 1.165) is 36.4 Å². The average molecular weight is 332 g/mol. The number of nitrogens with zero attached hydrogens (tertiary/aromatic N) is 1. The summed E-state index contributed by atoms with van der Waals surface area (Å²) in [5, 5.41) is 3.32. The summed E-state index contributed by atoms with van der Waals surface area (Å²) in [6.45, 7) is 6.77. The van der Waals surface area contributed by atoms with E-state index in [-0.39, 0.29) is 6.10 Å². The van der Waals surface area contributed by atoms with Gasteiger partial charge in [-0.2, -0.15) is 4.31 Å². The number of hydrogen-bond acceptors (Lipinski definition) is 5. The van der Waals surface area contributed by atoms with Crippen molar-refractivity contribution >= 4 is 21.4 Å². The van der Waals surface area contributed by atoms with Gasteiger partial charge in [0.2, 0.25) is 0 Å². The van der Waals surface area contributed by atoms with Gasteiger partial charge in [0.05, 0.1) is 6.10 Å². The summed E-state index contributed by atoms with van der Waals surface area (Å²) in [4.78, 5) is 1.10. The molecule has 0 spiro atoms. The average Bonchev–Trinajstić information content (AvgIpc) is 3.07. The molecule has 1 saturated heterocycles. The summed E-state index contributed by atoms with van der Waals surface area (Å²) in [5.41, 5.74) is 1.05. The molecule has 1 atom stereocenters. The molecule has 7 heteroatoms. The number of rotatable bonds is 7. The van der Waals surface area contributed by atoms with Crippen LogP contribution < -0.4 is 5.32 Å². The quantitative estimate of drug-likeness (QED) is 0.776. The number of ether oxygens (including phenoxy) is 1. The molecule has 0 radical (unpaired) electrons. The van der Waals surface area contributed by atoms with Crippen molar-refractivity contribution in [3.8, 4) is 0 Å². The van der Waals surface area contributed by atoms with E-state index in [2.05, 4.69) is 12.2 Å². The van der Waals surface area contributed by atoms with Crippen molar-refractivity contribution in [1.82, 2.24) is 9.62 Å². The molecule has 5 nitrogen and oxygen atoms in total. The van der Waals surface area contributed by atoms with Gasteiger partial charge >= 0.3 is 0 Å². The Morgan fingerprint density at radius 2 is 2.29 bits per heavy atom. The van der Waals surface area contributed by atoms with E-state index in [1.54, 1.807) is 13.2 Å². The van der Waals surface area contributed by atoms with Crippen molar-refractivity contribution in [1.29, 1.82) is 0 Å². The topological polar surface area (TPSA) is 58.6 Å². The van der Waals surface area contributed by atoms with Gasteiger partial charge in [0.25, 0.3) is 10.0 Å². The maximum Gasteiger partial charge on any atom is 0.252 e. The molecule has 1 fully saturated rings. The van der Waals surface area contributed by atoms with Crippen LogP contribution in [0.3, 0.4) is 0 Å². The molecule has 1 aromatic rings. The summed E-state index contributed by atoms with van der Waals surface area (Å²) in [6, 6.07) is 1.79. The zero-order valence-electron chi connectivity index (χ0n) is 12.9. The molecule has 120 valence electrons. The van der Waals surface area contributed by atoms with E-state index in [1.165, 1.54) is 15.6 Å². The van der Waals surface area contributed by atoms with Crippen molar-refractivity contribution in [2.75, 3.05) is 26.7 Å².